The van der Waals surface area contributed by atoms with E-state index in [2.05, 4.69) is 10.6 Å². The molecule has 0 spiro atoms. The molecule has 1 fully saturated rings. The number of carbonyl (C=O) groups is 1. The Bertz CT molecular complexity index is 431. The highest BCUT2D eigenvalue weighted by Crippen LogP contribution is 2.23. The van der Waals surface area contributed by atoms with Crippen LogP contribution in [0.4, 0.5) is 5.69 Å². The molecule has 2 N–H and O–H groups in total. The van der Waals surface area contributed by atoms with Crippen molar-refractivity contribution in [2.75, 3.05) is 25.0 Å². The van der Waals surface area contributed by atoms with E-state index >= 15 is 0 Å². The topological polar surface area (TPSA) is 50.4 Å². The summed E-state index contributed by atoms with van der Waals surface area (Å²) in [5.74, 6) is -0.0746. The number of ether oxygens (including phenoxy) is 1. The highest BCUT2D eigenvalue weighted by Gasteiger charge is 2.17. The lowest BCUT2D eigenvalue weighted by Gasteiger charge is -2.23. The van der Waals surface area contributed by atoms with Gasteiger partial charge in [0.05, 0.1) is 29.8 Å². The van der Waals surface area contributed by atoms with Crippen LogP contribution in [0.1, 0.15) is 12.0 Å². The molecule has 0 aliphatic carbocycles. The molecule has 0 aromatic heterocycles. The predicted molar refractivity (Wildman–Crippen MR) is 72.0 cm³/mol. The van der Waals surface area contributed by atoms with Gasteiger partial charge in [0.15, 0.2) is 0 Å². The molecule has 0 radical (unpaired) electrons. The average molecular weight is 269 g/mol. The fourth-order valence-electron chi connectivity index (χ4n) is 1.88. The van der Waals surface area contributed by atoms with E-state index in [0.717, 1.165) is 18.7 Å². The molecule has 1 aromatic carbocycles. The largest absolute Gasteiger partial charge is 0.375 e. The number of halogens is 1. The zero-order chi connectivity index (χ0) is 13.0. The number of hydrogen-bond donors (Lipinski definition) is 2. The zero-order valence-corrected chi connectivity index (χ0v) is 11.1. The number of nitrogens with one attached hydrogen (secondary N) is 2. The summed E-state index contributed by atoms with van der Waals surface area (Å²) < 4.78 is 5.48. The van der Waals surface area contributed by atoms with Gasteiger partial charge in [-0.25, -0.2) is 0 Å². The third kappa shape index (κ3) is 3.70. The number of rotatable bonds is 3. The maximum Gasteiger partial charge on any atom is 0.227 e. The lowest BCUT2D eigenvalue weighted by molar-refractivity contribution is -0.119. The Morgan fingerprint density at radius 3 is 3.11 bits per heavy atom. The summed E-state index contributed by atoms with van der Waals surface area (Å²) in [7, 11) is 0. The summed E-state index contributed by atoms with van der Waals surface area (Å²) >= 11 is 6.06. The van der Waals surface area contributed by atoms with Crippen LogP contribution in [-0.2, 0) is 9.53 Å². The van der Waals surface area contributed by atoms with E-state index in [1.165, 1.54) is 0 Å². The van der Waals surface area contributed by atoms with Crippen molar-refractivity contribution < 1.29 is 9.53 Å². The van der Waals surface area contributed by atoms with Crippen LogP contribution in [0.2, 0.25) is 5.02 Å². The maximum atomic E-state index is 11.8. The van der Waals surface area contributed by atoms with Crippen LogP contribution in [0, 0.1) is 6.92 Å². The van der Waals surface area contributed by atoms with Crippen molar-refractivity contribution in [3.05, 3.63) is 28.8 Å². The van der Waals surface area contributed by atoms with Gasteiger partial charge >= 0.3 is 0 Å². The fourth-order valence-corrected chi connectivity index (χ4v) is 2.16. The van der Waals surface area contributed by atoms with Crippen LogP contribution in [-0.4, -0.2) is 31.7 Å². The van der Waals surface area contributed by atoms with Crippen molar-refractivity contribution in [1.82, 2.24) is 5.32 Å². The van der Waals surface area contributed by atoms with E-state index in [-0.39, 0.29) is 12.0 Å². The molecule has 5 heteroatoms. The molecule has 1 amide bonds. The Hall–Kier alpha value is -1.10. The molecule has 1 saturated heterocycles. The van der Waals surface area contributed by atoms with Gasteiger partial charge in [0.25, 0.3) is 0 Å². The van der Waals surface area contributed by atoms with Crippen molar-refractivity contribution in [3.63, 3.8) is 0 Å². The lowest BCUT2D eigenvalue weighted by atomic mass is 10.2. The summed E-state index contributed by atoms with van der Waals surface area (Å²) in [4.78, 5) is 11.8. The van der Waals surface area contributed by atoms with Gasteiger partial charge in [-0.3, -0.25) is 4.79 Å². The van der Waals surface area contributed by atoms with Crippen molar-refractivity contribution >= 4 is 23.2 Å². The van der Waals surface area contributed by atoms with E-state index < -0.39 is 0 Å². The van der Waals surface area contributed by atoms with Crippen LogP contribution in [0.25, 0.3) is 0 Å². The van der Waals surface area contributed by atoms with Crippen LogP contribution < -0.4 is 10.6 Å². The first-order valence-corrected chi connectivity index (χ1v) is 6.41. The second-order valence-corrected chi connectivity index (χ2v) is 4.84. The van der Waals surface area contributed by atoms with Crippen LogP contribution in [0.15, 0.2) is 18.2 Å². The van der Waals surface area contributed by atoms with Gasteiger partial charge in [0.1, 0.15) is 0 Å². The second-order valence-electron chi connectivity index (χ2n) is 4.43. The fraction of sp³-hybridized carbons (Fsp3) is 0.462. The minimum absolute atomic E-state index is 0.0528. The van der Waals surface area contributed by atoms with Gasteiger partial charge < -0.3 is 15.4 Å². The van der Waals surface area contributed by atoms with Crippen molar-refractivity contribution in [1.29, 1.82) is 0 Å². The van der Waals surface area contributed by atoms with E-state index in [9.17, 15) is 4.79 Å². The molecule has 1 aliphatic heterocycles. The summed E-state index contributed by atoms with van der Waals surface area (Å²) in [6.45, 7) is 4.18. The first-order valence-electron chi connectivity index (χ1n) is 6.03. The standard InChI is InChI=1S/C13H17ClN2O2/c1-9-2-3-12(11(14)6-9)16-13(17)7-10-8-15-4-5-18-10/h2-3,6,10,15H,4-5,7-8H2,1H3,(H,16,17). The second kappa shape index (κ2) is 6.18. The Morgan fingerprint density at radius 1 is 1.61 bits per heavy atom. The predicted octanol–water partition coefficient (Wildman–Crippen LogP) is 1.97. The van der Waals surface area contributed by atoms with Gasteiger partial charge in [-0.2, -0.15) is 0 Å². The Labute approximate surface area is 112 Å². The number of anilines is 1. The SMILES string of the molecule is Cc1ccc(NC(=O)CC2CNCCO2)c(Cl)c1. The van der Waals surface area contributed by atoms with Crippen molar-refractivity contribution in [2.45, 2.75) is 19.4 Å². The summed E-state index contributed by atoms with van der Waals surface area (Å²) in [6, 6.07) is 5.56. The first-order chi connectivity index (χ1) is 8.65. The molecular weight excluding hydrogens is 252 g/mol. The molecule has 1 heterocycles. The summed E-state index contributed by atoms with van der Waals surface area (Å²) in [6.07, 6.45) is 0.292. The number of morpholine rings is 1. The Morgan fingerprint density at radius 2 is 2.44 bits per heavy atom. The van der Waals surface area contributed by atoms with Gasteiger partial charge in [-0.05, 0) is 24.6 Å². The molecule has 1 aromatic rings. The molecule has 0 bridgehead atoms. The number of aryl methyl sites for hydroxylation is 1. The van der Waals surface area contributed by atoms with Gasteiger partial charge in [0.2, 0.25) is 5.91 Å². The molecule has 98 valence electrons. The number of hydrogen-bond acceptors (Lipinski definition) is 3. The Kier molecular flexibility index (Phi) is 4.58. The molecule has 0 saturated carbocycles. The van der Waals surface area contributed by atoms with E-state index in [0.29, 0.717) is 23.7 Å². The third-order valence-corrected chi connectivity index (χ3v) is 3.13. The maximum absolute atomic E-state index is 11.8. The van der Waals surface area contributed by atoms with Gasteiger partial charge in [-0.15, -0.1) is 0 Å². The number of benzene rings is 1. The molecule has 1 atom stereocenters. The quantitative estimate of drug-likeness (QED) is 0.881. The number of amides is 1. The smallest absolute Gasteiger partial charge is 0.227 e. The minimum Gasteiger partial charge on any atom is -0.375 e. The van der Waals surface area contributed by atoms with Gasteiger partial charge in [0, 0.05) is 13.1 Å². The monoisotopic (exact) mass is 268 g/mol. The molecule has 1 unspecified atom stereocenters. The summed E-state index contributed by atoms with van der Waals surface area (Å²) in [5.41, 5.74) is 1.72. The van der Waals surface area contributed by atoms with Crippen LogP contribution in [0.5, 0.6) is 0 Å². The van der Waals surface area contributed by atoms with Crippen LogP contribution >= 0.6 is 11.6 Å². The normalized spacial score (nSPS) is 19.6. The molecular formula is C13H17ClN2O2. The summed E-state index contributed by atoms with van der Waals surface area (Å²) in [5, 5.41) is 6.56. The van der Waals surface area contributed by atoms with Crippen molar-refractivity contribution in [2.24, 2.45) is 0 Å². The van der Waals surface area contributed by atoms with Gasteiger partial charge in [-0.1, -0.05) is 17.7 Å². The molecule has 18 heavy (non-hydrogen) atoms. The Balaban J connectivity index is 1.90. The molecule has 4 nitrogen and oxygen atoms in total. The average Bonchev–Trinajstić information content (AvgIpc) is 2.34. The highest BCUT2D eigenvalue weighted by atomic mass is 35.5. The number of carbonyl (C=O) groups excluding carboxylic acids is 1. The van der Waals surface area contributed by atoms with E-state index in [1.807, 2.05) is 25.1 Å². The third-order valence-electron chi connectivity index (χ3n) is 2.82. The van der Waals surface area contributed by atoms with E-state index in [4.69, 9.17) is 16.3 Å². The highest BCUT2D eigenvalue weighted by molar-refractivity contribution is 6.33. The minimum atomic E-state index is -0.0746. The van der Waals surface area contributed by atoms with Crippen molar-refractivity contribution in [3.8, 4) is 0 Å². The zero-order valence-electron chi connectivity index (χ0n) is 10.3. The molecule has 1 aliphatic rings. The van der Waals surface area contributed by atoms with Crippen LogP contribution in [0.3, 0.4) is 0 Å². The molecule has 2 rings (SSSR count). The lowest BCUT2D eigenvalue weighted by Crippen LogP contribution is -2.40. The van der Waals surface area contributed by atoms with E-state index in [1.54, 1.807) is 0 Å². The first kappa shape index (κ1) is 13.3.